The van der Waals surface area contributed by atoms with Crippen LogP contribution in [0.2, 0.25) is 0 Å². The van der Waals surface area contributed by atoms with Crippen LogP contribution in [0.4, 0.5) is 0 Å². The lowest BCUT2D eigenvalue weighted by molar-refractivity contribution is 0.0939. The van der Waals surface area contributed by atoms with E-state index in [0.29, 0.717) is 25.2 Å². The monoisotopic (exact) mass is 275 g/mol. The molecule has 0 unspecified atom stereocenters. The quantitative estimate of drug-likeness (QED) is 0.697. The second kappa shape index (κ2) is 4.55. The molecule has 1 aliphatic heterocycles. The minimum Gasteiger partial charge on any atom is -0.508 e. The summed E-state index contributed by atoms with van der Waals surface area (Å²) in [5, 5.41) is 9.24. The highest BCUT2D eigenvalue weighted by molar-refractivity contribution is 5.97. The van der Waals surface area contributed by atoms with E-state index in [9.17, 15) is 9.90 Å². The summed E-state index contributed by atoms with van der Waals surface area (Å²) in [6.45, 7) is 1.71. The zero-order chi connectivity index (χ0) is 14.4. The molecule has 20 heavy (non-hydrogen) atoms. The van der Waals surface area contributed by atoms with Gasteiger partial charge in [-0.2, -0.15) is 0 Å². The van der Waals surface area contributed by atoms with Crippen molar-refractivity contribution in [3.63, 3.8) is 0 Å². The van der Waals surface area contributed by atoms with Gasteiger partial charge in [0.1, 0.15) is 5.75 Å². The molecular weight excluding hydrogens is 254 g/mol. The molecule has 1 saturated carbocycles. The summed E-state index contributed by atoms with van der Waals surface area (Å²) in [6, 6.07) is 6.34. The lowest BCUT2D eigenvalue weighted by atomic mass is 9.85. The van der Waals surface area contributed by atoms with E-state index < -0.39 is 0 Å². The number of Topliss-reactive ketones (excluding diaryl/α,β-unsaturated/α-hetero) is 1. The number of phenols is 1. The Balaban J connectivity index is 1.68. The van der Waals surface area contributed by atoms with Crippen molar-refractivity contribution in [3.05, 3.63) is 29.8 Å². The third-order valence-electron chi connectivity index (χ3n) is 4.81. The molecule has 3 rings (SSSR count). The number of fused-ring (bicyclic) bond motifs is 1. The Labute approximate surface area is 118 Å². The molecule has 0 radical (unpaired) electrons. The minimum absolute atomic E-state index is 0.0390. The zero-order valence-electron chi connectivity index (χ0n) is 11.5. The van der Waals surface area contributed by atoms with Gasteiger partial charge < -0.3 is 16.6 Å². The number of aromatic hydroxyl groups is 1. The van der Waals surface area contributed by atoms with Crippen molar-refractivity contribution in [1.82, 2.24) is 4.90 Å². The van der Waals surface area contributed by atoms with Crippen LogP contribution in [-0.4, -0.2) is 46.5 Å². The van der Waals surface area contributed by atoms with Crippen molar-refractivity contribution in [3.8, 4) is 5.75 Å². The SMILES string of the molecule is N[C@@]12CCC[C@]1(N)CN(CC(=O)c1ccc(O)cc1)C2. The minimum atomic E-state index is -0.345. The maximum atomic E-state index is 12.2. The van der Waals surface area contributed by atoms with Crippen LogP contribution >= 0.6 is 0 Å². The molecule has 1 aromatic carbocycles. The summed E-state index contributed by atoms with van der Waals surface area (Å²) in [4.78, 5) is 14.3. The highest BCUT2D eigenvalue weighted by Crippen LogP contribution is 2.41. The maximum absolute atomic E-state index is 12.2. The third kappa shape index (κ3) is 2.12. The van der Waals surface area contributed by atoms with Crippen molar-refractivity contribution in [1.29, 1.82) is 0 Å². The largest absolute Gasteiger partial charge is 0.508 e. The Bertz CT molecular complexity index is 512. The maximum Gasteiger partial charge on any atom is 0.176 e. The van der Waals surface area contributed by atoms with Gasteiger partial charge in [0, 0.05) is 29.7 Å². The number of carbonyl (C=O) groups is 1. The second-order valence-corrected chi connectivity index (χ2v) is 6.28. The average Bonchev–Trinajstić information content (AvgIpc) is 2.77. The summed E-state index contributed by atoms with van der Waals surface area (Å²) in [5.41, 5.74) is 12.7. The van der Waals surface area contributed by atoms with Crippen LogP contribution in [0.1, 0.15) is 29.6 Å². The summed E-state index contributed by atoms with van der Waals surface area (Å²) < 4.78 is 0. The van der Waals surface area contributed by atoms with Crippen molar-refractivity contribution < 1.29 is 9.90 Å². The number of nitrogens with two attached hydrogens (primary N) is 2. The van der Waals surface area contributed by atoms with Crippen LogP contribution in [-0.2, 0) is 0 Å². The van der Waals surface area contributed by atoms with E-state index in [1.54, 1.807) is 12.1 Å². The summed E-state index contributed by atoms with van der Waals surface area (Å²) in [5.74, 6) is 0.205. The lowest BCUT2D eigenvalue weighted by Crippen LogP contribution is -2.61. The molecule has 1 aromatic rings. The fourth-order valence-electron chi connectivity index (χ4n) is 3.60. The van der Waals surface area contributed by atoms with Crippen molar-refractivity contribution in [2.45, 2.75) is 30.3 Å². The first-order chi connectivity index (χ1) is 9.42. The van der Waals surface area contributed by atoms with Gasteiger partial charge in [0.25, 0.3) is 0 Å². The van der Waals surface area contributed by atoms with Crippen LogP contribution in [0.5, 0.6) is 5.75 Å². The van der Waals surface area contributed by atoms with E-state index in [0.717, 1.165) is 19.3 Å². The van der Waals surface area contributed by atoms with Crippen molar-refractivity contribution in [2.75, 3.05) is 19.6 Å². The second-order valence-electron chi connectivity index (χ2n) is 6.28. The number of benzene rings is 1. The smallest absolute Gasteiger partial charge is 0.176 e. The average molecular weight is 275 g/mol. The van der Waals surface area contributed by atoms with Crippen LogP contribution in [0, 0.1) is 0 Å². The molecule has 0 amide bonds. The first kappa shape index (κ1) is 13.5. The number of hydrogen-bond donors (Lipinski definition) is 3. The van der Waals surface area contributed by atoms with Gasteiger partial charge in [0.05, 0.1) is 6.54 Å². The van der Waals surface area contributed by atoms with Gasteiger partial charge in [-0.1, -0.05) is 0 Å². The van der Waals surface area contributed by atoms with Crippen LogP contribution in [0.3, 0.4) is 0 Å². The molecule has 0 bridgehead atoms. The fourth-order valence-corrected chi connectivity index (χ4v) is 3.60. The van der Waals surface area contributed by atoms with Gasteiger partial charge in [-0.3, -0.25) is 9.69 Å². The van der Waals surface area contributed by atoms with Crippen molar-refractivity contribution in [2.24, 2.45) is 11.5 Å². The molecule has 108 valence electrons. The molecule has 1 saturated heterocycles. The van der Waals surface area contributed by atoms with E-state index >= 15 is 0 Å². The molecule has 2 fully saturated rings. The molecule has 0 spiro atoms. The predicted molar refractivity (Wildman–Crippen MR) is 76.6 cm³/mol. The summed E-state index contributed by atoms with van der Waals surface area (Å²) >= 11 is 0. The molecule has 0 aromatic heterocycles. The van der Waals surface area contributed by atoms with Gasteiger partial charge in [0.2, 0.25) is 0 Å². The standard InChI is InChI=1S/C15H21N3O2/c16-14-6-1-7-15(14,17)10-18(9-14)8-13(20)11-2-4-12(19)5-3-11/h2-5,19H,1,6-10,16-17H2/t14-,15+. The molecule has 1 aliphatic carbocycles. The first-order valence-electron chi connectivity index (χ1n) is 7.04. The number of hydrogen-bond acceptors (Lipinski definition) is 5. The Kier molecular flexibility index (Phi) is 3.08. The fraction of sp³-hybridized carbons (Fsp3) is 0.533. The number of phenolic OH excluding ortho intramolecular Hbond substituents is 1. The third-order valence-corrected chi connectivity index (χ3v) is 4.81. The topological polar surface area (TPSA) is 92.6 Å². The first-order valence-corrected chi connectivity index (χ1v) is 7.04. The number of rotatable bonds is 3. The van der Waals surface area contributed by atoms with Crippen LogP contribution < -0.4 is 11.5 Å². The Morgan fingerprint density at radius 1 is 1.15 bits per heavy atom. The Morgan fingerprint density at radius 2 is 1.70 bits per heavy atom. The molecule has 5 N–H and O–H groups in total. The number of ketones is 1. The lowest BCUT2D eigenvalue weighted by Gasteiger charge is -2.32. The number of nitrogens with zero attached hydrogens (tertiary/aromatic N) is 1. The van der Waals surface area contributed by atoms with E-state index in [1.165, 1.54) is 12.1 Å². The van der Waals surface area contributed by atoms with E-state index in [1.807, 2.05) is 0 Å². The van der Waals surface area contributed by atoms with Gasteiger partial charge in [-0.05, 0) is 43.5 Å². The van der Waals surface area contributed by atoms with E-state index in [4.69, 9.17) is 11.5 Å². The highest BCUT2D eigenvalue weighted by atomic mass is 16.3. The summed E-state index contributed by atoms with van der Waals surface area (Å²) in [6.07, 6.45) is 2.95. The van der Waals surface area contributed by atoms with Gasteiger partial charge in [-0.15, -0.1) is 0 Å². The number of likely N-dealkylation sites (tertiary alicyclic amines) is 1. The molecule has 2 aliphatic rings. The Hall–Kier alpha value is -1.43. The molecule has 1 heterocycles. The van der Waals surface area contributed by atoms with Crippen LogP contribution in [0.25, 0.3) is 0 Å². The highest BCUT2D eigenvalue weighted by Gasteiger charge is 2.56. The molecule has 2 atom stereocenters. The van der Waals surface area contributed by atoms with Gasteiger partial charge in [0.15, 0.2) is 5.78 Å². The van der Waals surface area contributed by atoms with E-state index in [-0.39, 0.29) is 22.6 Å². The normalized spacial score (nSPS) is 33.3. The van der Waals surface area contributed by atoms with Crippen molar-refractivity contribution >= 4 is 5.78 Å². The molecular formula is C15H21N3O2. The van der Waals surface area contributed by atoms with Gasteiger partial charge >= 0.3 is 0 Å². The zero-order valence-corrected chi connectivity index (χ0v) is 11.5. The van der Waals surface area contributed by atoms with Gasteiger partial charge in [-0.25, -0.2) is 0 Å². The molecule has 5 heteroatoms. The summed E-state index contributed by atoms with van der Waals surface area (Å²) in [7, 11) is 0. The van der Waals surface area contributed by atoms with Crippen LogP contribution in [0.15, 0.2) is 24.3 Å². The van der Waals surface area contributed by atoms with E-state index in [2.05, 4.69) is 4.90 Å². The predicted octanol–water partition coefficient (Wildman–Crippen LogP) is 0.469. The number of carbonyl (C=O) groups excluding carboxylic acids is 1. The Morgan fingerprint density at radius 3 is 2.25 bits per heavy atom. The molecule has 5 nitrogen and oxygen atoms in total.